The van der Waals surface area contributed by atoms with Crippen LogP contribution in [0, 0.1) is 0 Å². The molecular weight excluding hydrogens is 238 g/mol. The molecular formula is C12H18ClN3O. The molecule has 1 aromatic heterocycles. The summed E-state index contributed by atoms with van der Waals surface area (Å²) in [6.07, 6.45) is 1.76. The minimum atomic E-state index is 0.560. The van der Waals surface area contributed by atoms with Gasteiger partial charge in [-0.1, -0.05) is 11.6 Å². The van der Waals surface area contributed by atoms with Gasteiger partial charge >= 0.3 is 0 Å². The van der Waals surface area contributed by atoms with Crippen LogP contribution in [0.15, 0.2) is 18.3 Å². The Balaban J connectivity index is 1.86. The fourth-order valence-corrected chi connectivity index (χ4v) is 2.21. The van der Waals surface area contributed by atoms with Crippen LogP contribution in [-0.2, 0) is 4.74 Å². The molecule has 2 heterocycles. The number of hydrogen-bond acceptors (Lipinski definition) is 4. The quantitative estimate of drug-likeness (QED) is 0.763. The average molecular weight is 256 g/mol. The molecule has 0 saturated carbocycles. The summed E-state index contributed by atoms with van der Waals surface area (Å²) >= 11 is 5.90. The predicted molar refractivity (Wildman–Crippen MR) is 69.8 cm³/mol. The fraction of sp³-hybridized carbons (Fsp3) is 0.583. The smallest absolute Gasteiger partial charge is 0.131 e. The van der Waals surface area contributed by atoms with E-state index in [-0.39, 0.29) is 0 Å². The van der Waals surface area contributed by atoms with E-state index in [4.69, 9.17) is 16.3 Å². The van der Waals surface area contributed by atoms with Gasteiger partial charge in [0, 0.05) is 51.7 Å². The third-order valence-corrected chi connectivity index (χ3v) is 3.27. The highest BCUT2D eigenvalue weighted by atomic mass is 35.5. The molecule has 0 radical (unpaired) electrons. The Bertz CT molecular complexity index is 353. The summed E-state index contributed by atoms with van der Waals surface area (Å²) < 4.78 is 5.09. The molecule has 1 aliphatic rings. The number of hydrogen-bond donors (Lipinski definition) is 0. The Morgan fingerprint density at radius 3 is 2.76 bits per heavy atom. The second kappa shape index (κ2) is 6.19. The fourth-order valence-electron chi connectivity index (χ4n) is 2.04. The van der Waals surface area contributed by atoms with E-state index < -0.39 is 0 Å². The summed E-state index contributed by atoms with van der Waals surface area (Å²) in [5.41, 5.74) is 1.16. The molecule has 0 spiro atoms. The maximum Gasteiger partial charge on any atom is 0.131 e. The zero-order valence-electron chi connectivity index (χ0n) is 10.1. The van der Waals surface area contributed by atoms with Crippen molar-refractivity contribution in [3.8, 4) is 0 Å². The molecule has 1 aliphatic heterocycles. The van der Waals surface area contributed by atoms with Crippen molar-refractivity contribution in [2.75, 3.05) is 51.3 Å². The monoisotopic (exact) mass is 255 g/mol. The molecule has 0 amide bonds. The number of aromatic nitrogens is 1. The standard InChI is InChI=1S/C12H18ClN3O/c1-17-9-8-15-4-6-16(7-5-15)11-2-3-14-12(13)10-11/h2-3,10H,4-9H2,1H3. The summed E-state index contributed by atoms with van der Waals surface area (Å²) in [5.74, 6) is 0. The Morgan fingerprint density at radius 1 is 1.35 bits per heavy atom. The molecule has 2 rings (SSSR count). The topological polar surface area (TPSA) is 28.6 Å². The lowest BCUT2D eigenvalue weighted by Gasteiger charge is -2.35. The number of anilines is 1. The van der Waals surface area contributed by atoms with Crippen LogP contribution in [0.5, 0.6) is 0 Å². The zero-order valence-corrected chi connectivity index (χ0v) is 10.9. The summed E-state index contributed by atoms with van der Waals surface area (Å²) in [6, 6.07) is 3.93. The molecule has 0 N–H and O–H groups in total. The highest BCUT2D eigenvalue weighted by Gasteiger charge is 2.16. The van der Waals surface area contributed by atoms with Crippen molar-refractivity contribution < 1.29 is 4.74 Å². The van der Waals surface area contributed by atoms with Gasteiger partial charge < -0.3 is 9.64 Å². The van der Waals surface area contributed by atoms with Crippen molar-refractivity contribution in [1.82, 2.24) is 9.88 Å². The zero-order chi connectivity index (χ0) is 12.1. The van der Waals surface area contributed by atoms with E-state index in [2.05, 4.69) is 14.8 Å². The molecule has 0 unspecified atom stereocenters. The average Bonchev–Trinajstić information content (AvgIpc) is 2.37. The van der Waals surface area contributed by atoms with Crippen molar-refractivity contribution in [1.29, 1.82) is 0 Å². The highest BCUT2D eigenvalue weighted by molar-refractivity contribution is 6.29. The van der Waals surface area contributed by atoms with Crippen molar-refractivity contribution in [2.24, 2.45) is 0 Å². The lowest BCUT2D eigenvalue weighted by atomic mass is 10.2. The van der Waals surface area contributed by atoms with E-state index in [1.807, 2.05) is 12.1 Å². The van der Waals surface area contributed by atoms with Gasteiger partial charge in [0.05, 0.1) is 6.61 Å². The second-order valence-corrected chi connectivity index (χ2v) is 4.55. The third kappa shape index (κ3) is 3.56. The first kappa shape index (κ1) is 12.6. The van der Waals surface area contributed by atoms with Crippen molar-refractivity contribution in [2.45, 2.75) is 0 Å². The number of pyridine rings is 1. The Morgan fingerprint density at radius 2 is 2.12 bits per heavy atom. The predicted octanol–water partition coefficient (Wildman–Crippen LogP) is 1.50. The summed E-state index contributed by atoms with van der Waals surface area (Å²) in [7, 11) is 1.75. The van der Waals surface area contributed by atoms with Crippen LogP contribution in [0.4, 0.5) is 5.69 Å². The number of rotatable bonds is 4. The Kier molecular flexibility index (Phi) is 4.59. The normalized spacial score (nSPS) is 17.4. The van der Waals surface area contributed by atoms with Gasteiger partial charge in [-0.15, -0.1) is 0 Å². The van der Waals surface area contributed by atoms with Gasteiger partial charge in [-0.3, -0.25) is 4.90 Å². The summed E-state index contributed by atoms with van der Waals surface area (Å²) in [4.78, 5) is 8.77. The Hall–Kier alpha value is -0.840. The molecule has 1 fully saturated rings. The first-order chi connectivity index (χ1) is 8.29. The minimum Gasteiger partial charge on any atom is -0.383 e. The van der Waals surface area contributed by atoms with Crippen molar-refractivity contribution in [3.63, 3.8) is 0 Å². The number of ether oxygens (including phenoxy) is 1. The molecule has 5 heteroatoms. The first-order valence-electron chi connectivity index (χ1n) is 5.87. The van der Waals surface area contributed by atoms with E-state index in [0.717, 1.165) is 45.0 Å². The van der Waals surface area contributed by atoms with Gasteiger partial charge in [0.15, 0.2) is 0 Å². The SMILES string of the molecule is COCCN1CCN(c2ccnc(Cl)c2)CC1. The lowest BCUT2D eigenvalue weighted by molar-refractivity contribution is 0.144. The molecule has 1 saturated heterocycles. The third-order valence-electron chi connectivity index (χ3n) is 3.06. The van der Waals surface area contributed by atoms with Crippen LogP contribution in [0.2, 0.25) is 5.15 Å². The molecule has 4 nitrogen and oxygen atoms in total. The van der Waals surface area contributed by atoms with Gasteiger partial charge in [-0.05, 0) is 12.1 Å². The second-order valence-electron chi connectivity index (χ2n) is 4.16. The number of nitrogens with zero attached hydrogens (tertiary/aromatic N) is 3. The molecule has 17 heavy (non-hydrogen) atoms. The summed E-state index contributed by atoms with van der Waals surface area (Å²) in [5, 5.41) is 0.560. The van der Waals surface area contributed by atoms with E-state index in [1.165, 1.54) is 0 Å². The van der Waals surface area contributed by atoms with Crippen LogP contribution in [0.1, 0.15) is 0 Å². The van der Waals surface area contributed by atoms with E-state index >= 15 is 0 Å². The molecule has 0 aliphatic carbocycles. The van der Waals surface area contributed by atoms with E-state index in [9.17, 15) is 0 Å². The van der Waals surface area contributed by atoms with Crippen LogP contribution in [-0.4, -0.2) is 56.3 Å². The molecule has 94 valence electrons. The summed E-state index contributed by atoms with van der Waals surface area (Å²) in [6.45, 7) is 6.03. The van der Waals surface area contributed by atoms with Gasteiger partial charge in [-0.25, -0.2) is 4.98 Å². The molecule has 0 bridgehead atoms. The maximum atomic E-state index is 5.90. The molecule has 1 aromatic rings. The van der Waals surface area contributed by atoms with Gasteiger partial charge in [0.2, 0.25) is 0 Å². The van der Waals surface area contributed by atoms with Gasteiger partial charge in [0.1, 0.15) is 5.15 Å². The maximum absolute atomic E-state index is 5.90. The van der Waals surface area contributed by atoms with Gasteiger partial charge in [0.25, 0.3) is 0 Å². The largest absolute Gasteiger partial charge is 0.383 e. The number of piperazine rings is 1. The molecule has 0 atom stereocenters. The van der Waals surface area contributed by atoms with Crippen molar-refractivity contribution >= 4 is 17.3 Å². The number of methoxy groups -OCH3 is 1. The minimum absolute atomic E-state index is 0.560. The Labute approximate surface area is 107 Å². The van der Waals surface area contributed by atoms with Crippen LogP contribution in [0.25, 0.3) is 0 Å². The molecule has 0 aromatic carbocycles. The van der Waals surface area contributed by atoms with E-state index in [1.54, 1.807) is 13.3 Å². The van der Waals surface area contributed by atoms with Gasteiger partial charge in [-0.2, -0.15) is 0 Å². The van der Waals surface area contributed by atoms with Crippen LogP contribution < -0.4 is 4.90 Å². The van der Waals surface area contributed by atoms with E-state index in [0.29, 0.717) is 5.15 Å². The first-order valence-corrected chi connectivity index (χ1v) is 6.25. The van der Waals surface area contributed by atoms with Crippen LogP contribution in [0.3, 0.4) is 0 Å². The van der Waals surface area contributed by atoms with Crippen molar-refractivity contribution in [3.05, 3.63) is 23.5 Å². The highest BCUT2D eigenvalue weighted by Crippen LogP contribution is 2.18. The lowest BCUT2D eigenvalue weighted by Crippen LogP contribution is -2.47. The van der Waals surface area contributed by atoms with Crippen LogP contribution >= 0.6 is 11.6 Å². The number of halogens is 1.